The van der Waals surface area contributed by atoms with Crippen molar-refractivity contribution in [2.75, 3.05) is 0 Å². The molecule has 9 rings (SSSR count). The highest BCUT2D eigenvalue weighted by Crippen LogP contribution is 2.70. The van der Waals surface area contributed by atoms with Gasteiger partial charge in [-0.05, 0) is 38.5 Å². The number of aliphatic hydroxyl groups is 2. The number of alkyl halides is 4. The molecule has 4 N–H and O–H groups in total. The second-order valence-electron chi connectivity index (χ2n) is 12.5. The summed E-state index contributed by atoms with van der Waals surface area (Å²) in [7, 11) is 0. The van der Waals surface area contributed by atoms with E-state index >= 15 is 0 Å². The molecule has 0 fully saturated rings. The zero-order chi connectivity index (χ0) is 31.5. The number of ether oxygens (including phenoxy) is 4. The Balaban J connectivity index is 1.69. The first-order valence-corrected chi connectivity index (χ1v) is 15.5. The Bertz CT molecular complexity index is 1880. The zero-order valence-corrected chi connectivity index (χ0v) is 26.2. The van der Waals surface area contributed by atoms with Crippen LogP contribution >= 0.6 is 46.4 Å². The van der Waals surface area contributed by atoms with Gasteiger partial charge < -0.3 is 39.4 Å². The van der Waals surface area contributed by atoms with E-state index < -0.39 is 79.9 Å². The third-order valence-corrected chi connectivity index (χ3v) is 12.0. The van der Waals surface area contributed by atoms with Crippen molar-refractivity contribution in [3.05, 3.63) is 44.5 Å². The van der Waals surface area contributed by atoms with E-state index in [0.29, 0.717) is 11.1 Å². The first-order valence-electron chi connectivity index (χ1n) is 14.0. The number of hydrogen-bond donors (Lipinski definition) is 4. The van der Waals surface area contributed by atoms with Gasteiger partial charge in [-0.2, -0.15) is 0 Å². The van der Waals surface area contributed by atoms with Crippen LogP contribution in [0.1, 0.15) is 106 Å². The van der Waals surface area contributed by atoms with Gasteiger partial charge in [0, 0.05) is 44.2 Å². The summed E-state index contributed by atoms with van der Waals surface area (Å²) >= 11 is 27.1. The molecule has 0 radical (unpaired) electrons. The number of aromatic hydroxyl groups is 2. The van der Waals surface area contributed by atoms with E-state index in [4.69, 9.17) is 65.4 Å². The summed E-state index contributed by atoms with van der Waals surface area (Å²) in [6.07, 6.45) is -5.45. The van der Waals surface area contributed by atoms with Crippen molar-refractivity contribution in [2.24, 2.45) is 0 Å². The third-order valence-electron chi connectivity index (χ3n) is 10.3. The predicted octanol–water partition coefficient (Wildman–Crippen LogP) is 5.54. The Labute approximate surface area is 268 Å². The molecule has 10 nitrogen and oxygen atoms in total. The van der Waals surface area contributed by atoms with Crippen LogP contribution in [0.5, 0.6) is 11.5 Å². The number of benzene rings is 3. The molecule has 44 heavy (non-hydrogen) atoms. The molecule has 0 aromatic heterocycles. The van der Waals surface area contributed by atoms with Gasteiger partial charge in [0.15, 0.2) is 0 Å². The Morgan fingerprint density at radius 2 is 0.932 bits per heavy atom. The van der Waals surface area contributed by atoms with Gasteiger partial charge in [0.05, 0.1) is 35.5 Å². The largest absolute Gasteiger partial charge is 0.507 e. The van der Waals surface area contributed by atoms with Crippen LogP contribution in [0.3, 0.4) is 0 Å². The van der Waals surface area contributed by atoms with Crippen molar-refractivity contribution in [1.82, 2.24) is 0 Å². The Morgan fingerprint density at radius 1 is 0.591 bits per heavy atom. The number of Topliss-reactive ketones (excluding diaryl/α,β-unsaturated/α-hetero) is 2. The molecule has 3 aromatic carbocycles. The summed E-state index contributed by atoms with van der Waals surface area (Å²) in [5, 5.41) is 48.8. The summed E-state index contributed by atoms with van der Waals surface area (Å²) in [5.74, 6) is -8.66. The van der Waals surface area contributed by atoms with Crippen molar-refractivity contribution in [3.63, 3.8) is 0 Å². The number of carbonyl (C=O) groups is 2. The quantitative estimate of drug-likeness (QED) is 0.176. The average Bonchev–Trinajstić information content (AvgIpc) is 2.93. The van der Waals surface area contributed by atoms with Crippen LogP contribution in [0, 0.1) is 0 Å². The molecule has 4 aliphatic heterocycles. The van der Waals surface area contributed by atoms with E-state index in [2.05, 4.69) is 0 Å². The minimum absolute atomic E-state index is 0.0243. The summed E-state index contributed by atoms with van der Waals surface area (Å²) < 4.78 is 19.2. The van der Waals surface area contributed by atoms with Crippen LogP contribution in [0.2, 0.25) is 0 Å². The highest BCUT2D eigenvalue weighted by Gasteiger charge is 2.71. The lowest BCUT2D eigenvalue weighted by Crippen LogP contribution is -2.60. The normalized spacial score (nSPS) is 38.2. The van der Waals surface area contributed by atoms with E-state index in [1.807, 2.05) is 0 Å². The van der Waals surface area contributed by atoms with Crippen molar-refractivity contribution >= 4 is 79.5 Å². The smallest absolute Gasteiger partial charge is 0.238 e. The van der Waals surface area contributed by atoms with Gasteiger partial charge in [-0.25, -0.2) is 0 Å². The van der Waals surface area contributed by atoms with Crippen LogP contribution in [0.25, 0.3) is 21.5 Å². The molecule has 6 aliphatic rings. The molecule has 0 saturated heterocycles. The molecule has 14 heteroatoms. The number of hydrogen-bond acceptors (Lipinski definition) is 10. The summed E-state index contributed by atoms with van der Waals surface area (Å²) in [6, 6.07) is 0. The minimum Gasteiger partial charge on any atom is -0.507 e. The number of halogens is 4. The molecule has 0 bridgehead atoms. The molecule has 3 aromatic rings. The molecule has 230 valence electrons. The Kier molecular flexibility index (Phi) is 4.99. The number of carbonyl (C=O) groups excluding carboxylic acids is 2. The number of phenolic OH excluding ortho intramolecular Hbond substituents is 2. The summed E-state index contributed by atoms with van der Waals surface area (Å²) in [5.41, 5.74) is 0.0426. The first kappa shape index (κ1) is 28.3. The molecular formula is C30H22Cl4O10. The van der Waals surface area contributed by atoms with E-state index in [1.54, 1.807) is 27.7 Å². The summed E-state index contributed by atoms with van der Waals surface area (Å²) in [6.45, 7) is 6.64. The average molecular weight is 684 g/mol. The predicted molar refractivity (Wildman–Crippen MR) is 156 cm³/mol. The summed E-state index contributed by atoms with van der Waals surface area (Å²) in [4.78, 5) is 28.5. The fraction of sp³-hybridized carbons (Fsp3) is 0.467. The van der Waals surface area contributed by atoms with Crippen LogP contribution in [-0.2, 0) is 30.5 Å². The maximum atomic E-state index is 14.3. The number of phenols is 2. The highest BCUT2D eigenvalue weighted by molar-refractivity contribution is 6.63. The molecule has 0 spiro atoms. The topological polar surface area (TPSA) is 152 Å². The van der Waals surface area contributed by atoms with E-state index in [-0.39, 0.29) is 54.9 Å². The van der Waals surface area contributed by atoms with Crippen molar-refractivity contribution < 1.29 is 49.0 Å². The lowest BCUT2D eigenvalue weighted by atomic mass is 9.65. The third kappa shape index (κ3) is 2.57. The molecular weight excluding hydrogens is 662 g/mol. The van der Waals surface area contributed by atoms with Gasteiger partial charge in [0.1, 0.15) is 23.7 Å². The Hall–Kier alpha value is -1.96. The molecule has 0 amide bonds. The lowest BCUT2D eigenvalue weighted by molar-refractivity contribution is -0.275. The maximum absolute atomic E-state index is 14.3. The van der Waals surface area contributed by atoms with Gasteiger partial charge in [-0.15, -0.1) is 0 Å². The minimum atomic E-state index is -2.76. The molecule has 0 saturated carbocycles. The lowest BCUT2D eigenvalue weighted by Gasteiger charge is -2.55. The van der Waals surface area contributed by atoms with Crippen molar-refractivity contribution in [2.45, 2.75) is 84.6 Å². The van der Waals surface area contributed by atoms with E-state index in [1.165, 1.54) is 0 Å². The van der Waals surface area contributed by atoms with E-state index in [0.717, 1.165) is 0 Å². The van der Waals surface area contributed by atoms with E-state index in [9.17, 15) is 30.0 Å². The van der Waals surface area contributed by atoms with Gasteiger partial charge in [0.2, 0.25) is 31.8 Å². The highest BCUT2D eigenvalue weighted by atomic mass is 35.5. The fourth-order valence-corrected chi connectivity index (χ4v) is 9.56. The van der Waals surface area contributed by atoms with Gasteiger partial charge in [-0.1, -0.05) is 46.4 Å². The van der Waals surface area contributed by atoms with Gasteiger partial charge >= 0.3 is 0 Å². The zero-order valence-electron chi connectivity index (χ0n) is 23.2. The van der Waals surface area contributed by atoms with Crippen LogP contribution in [-0.4, -0.2) is 52.9 Å². The van der Waals surface area contributed by atoms with Crippen LogP contribution in [0.4, 0.5) is 0 Å². The molecule has 8 atom stereocenters. The number of ketones is 2. The Morgan fingerprint density at radius 3 is 1.27 bits per heavy atom. The molecule has 2 aliphatic carbocycles. The fourth-order valence-electron chi connectivity index (χ4n) is 8.62. The monoisotopic (exact) mass is 682 g/mol. The molecule has 0 unspecified atom stereocenters. The van der Waals surface area contributed by atoms with Gasteiger partial charge in [-0.3, -0.25) is 9.59 Å². The maximum Gasteiger partial charge on any atom is 0.238 e. The number of rotatable bonds is 0. The van der Waals surface area contributed by atoms with Crippen molar-refractivity contribution in [1.29, 1.82) is 0 Å². The van der Waals surface area contributed by atoms with Gasteiger partial charge in [0.25, 0.3) is 0 Å². The molecule has 4 heterocycles. The van der Waals surface area contributed by atoms with Crippen LogP contribution < -0.4 is 0 Å². The standard InChI is InChI=1S/C30H22Cl4O10/c1-5-9-15-11-13-17(21(9)35)25(37)27(31,32)30(40)20(13)12-14-18(22(36)10-6(2)42-8(4)24(44-30)16(10)12)26(38)28(33,34)29(39,19(11)14)43-23(15)7(3)41-5/h5-8,23-24,35-36,39-40H,1-4H3/t5-,6-,7-,8-,23-,24-,29-,30-/m1/s1. The second-order valence-corrected chi connectivity index (χ2v) is 15.1. The van der Waals surface area contributed by atoms with Crippen molar-refractivity contribution in [3.8, 4) is 11.5 Å². The van der Waals surface area contributed by atoms with Crippen LogP contribution in [0.15, 0.2) is 0 Å². The second kappa shape index (κ2) is 7.77. The SMILES string of the molecule is C[C@H]1O[C@H](C)[C@H]2O[C@]3(O)c4c5c(c(O)c6c7c5c5c8c(c(O)c1c2c48)C(=O)C(Cl)(Cl)[C@]5(O)O[C@@H]7[C@@H](C)O[C@@H]6C)C(=O)C3(Cl)Cl. The first-order chi connectivity index (χ1) is 20.4.